The fourth-order valence-corrected chi connectivity index (χ4v) is 1.61. The van der Waals surface area contributed by atoms with Gasteiger partial charge in [-0.15, -0.1) is 0 Å². The summed E-state index contributed by atoms with van der Waals surface area (Å²) in [5.74, 6) is 0.722. The molecule has 0 bridgehead atoms. The molecule has 1 aromatic heterocycles. The highest BCUT2D eigenvalue weighted by Crippen LogP contribution is 2.30. The zero-order valence-electron chi connectivity index (χ0n) is 9.26. The van der Waals surface area contributed by atoms with Crippen LogP contribution < -0.4 is 0 Å². The number of nitrogens with zero attached hydrogens (tertiary/aromatic N) is 3. The van der Waals surface area contributed by atoms with Crippen LogP contribution in [-0.2, 0) is 0 Å². The van der Waals surface area contributed by atoms with E-state index in [9.17, 15) is 4.79 Å². The van der Waals surface area contributed by atoms with Crippen LogP contribution in [0.1, 0.15) is 26.7 Å². The van der Waals surface area contributed by atoms with E-state index in [1.807, 2.05) is 4.90 Å². The molecule has 1 aliphatic rings. The molecule has 0 aliphatic heterocycles. The van der Waals surface area contributed by atoms with Crippen LogP contribution in [0.25, 0.3) is 0 Å². The van der Waals surface area contributed by atoms with Gasteiger partial charge in [-0.1, -0.05) is 0 Å². The lowest BCUT2D eigenvalue weighted by Gasteiger charge is -2.26. The molecule has 1 heterocycles. The number of rotatable bonds is 3. The van der Waals surface area contributed by atoms with Gasteiger partial charge in [-0.05, 0) is 32.6 Å². The standard InChI is InChI=1S/C11H17N3O/c1-9(2)14(7-10-3-4-10)11(15)13-6-5-12-8-13/h5-6,8-10H,3-4,7H2,1-2H3. The Labute approximate surface area is 89.9 Å². The second kappa shape index (κ2) is 4.04. The topological polar surface area (TPSA) is 38.1 Å². The average Bonchev–Trinajstić information content (AvgIpc) is 2.84. The number of carbonyl (C=O) groups is 1. The van der Waals surface area contributed by atoms with E-state index in [-0.39, 0.29) is 12.1 Å². The van der Waals surface area contributed by atoms with Gasteiger partial charge in [0.25, 0.3) is 0 Å². The average molecular weight is 207 g/mol. The minimum atomic E-state index is 0.0365. The van der Waals surface area contributed by atoms with Crippen LogP contribution in [0.4, 0.5) is 4.79 Å². The Morgan fingerprint density at radius 2 is 2.33 bits per heavy atom. The third-order valence-electron chi connectivity index (χ3n) is 2.75. The lowest BCUT2D eigenvalue weighted by Crippen LogP contribution is -2.40. The minimum Gasteiger partial charge on any atom is -0.321 e. The molecule has 0 radical (unpaired) electrons. The van der Waals surface area contributed by atoms with Gasteiger partial charge in [0, 0.05) is 25.0 Å². The fraction of sp³-hybridized carbons (Fsp3) is 0.636. The molecule has 1 saturated carbocycles. The van der Waals surface area contributed by atoms with Crippen molar-refractivity contribution in [2.45, 2.75) is 32.7 Å². The van der Waals surface area contributed by atoms with Crippen molar-refractivity contribution >= 4 is 6.03 Å². The van der Waals surface area contributed by atoms with Gasteiger partial charge in [-0.3, -0.25) is 4.57 Å². The molecular formula is C11H17N3O. The Morgan fingerprint density at radius 1 is 1.60 bits per heavy atom. The largest absolute Gasteiger partial charge is 0.329 e. The van der Waals surface area contributed by atoms with E-state index >= 15 is 0 Å². The van der Waals surface area contributed by atoms with Gasteiger partial charge in [0.05, 0.1) is 0 Å². The molecule has 4 heteroatoms. The van der Waals surface area contributed by atoms with Crippen LogP contribution in [0.2, 0.25) is 0 Å². The molecule has 0 aromatic carbocycles. The van der Waals surface area contributed by atoms with Gasteiger partial charge in [-0.25, -0.2) is 9.78 Å². The maximum atomic E-state index is 12.1. The van der Waals surface area contributed by atoms with Gasteiger partial charge >= 0.3 is 6.03 Å². The van der Waals surface area contributed by atoms with Crippen LogP contribution in [0.3, 0.4) is 0 Å². The van der Waals surface area contributed by atoms with Crippen LogP contribution in [-0.4, -0.2) is 33.1 Å². The highest BCUT2D eigenvalue weighted by atomic mass is 16.2. The van der Waals surface area contributed by atoms with Crippen molar-refractivity contribution < 1.29 is 4.79 Å². The second-order valence-electron chi connectivity index (χ2n) is 4.44. The Bertz CT molecular complexity index is 328. The molecule has 0 N–H and O–H groups in total. The van der Waals surface area contributed by atoms with Crippen molar-refractivity contribution in [3.63, 3.8) is 0 Å². The zero-order chi connectivity index (χ0) is 10.8. The molecule has 0 unspecified atom stereocenters. The third kappa shape index (κ3) is 2.37. The number of aromatic nitrogens is 2. The summed E-state index contributed by atoms with van der Waals surface area (Å²) in [7, 11) is 0. The third-order valence-corrected chi connectivity index (χ3v) is 2.75. The highest BCUT2D eigenvalue weighted by Gasteiger charge is 2.28. The summed E-state index contributed by atoms with van der Waals surface area (Å²) in [4.78, 5) is 17.9. The molecule has 82 valence electrons. The molecule has 1 amide bonds. The zero-order valence-corrected chi connectivity index (χ0v) is 9.26. The first-order chi connectivity index (χ1) is 7.18. The van der Waals surface area contributed by atoms with Crippen molar-refractivity contribution in [1.29, 1.82) is 0 Å². The molecule has 1 aliphatic carbocycles. The van der Waals surface area contributed by atoms with E-state index in [1.54, 1.807) is 23.3 Å². The summed E-state index contributed by atoms with van der Waals surface area (Å²) in [6, 6.07) is 0.287. The Balaban J connectivity index is 2.06. The van der Waals surface area contributed by atoms with Gasteiger partial charge in [-0.2, -0.15) is 0 Å². The molecule has 2 rings (SSSR count). The van der Waals surface area contributed by atoms with Crippen molar-refractivity contribution in [2.24, 2.45) is 5.92 Å². The van der Waals surface area contributed by atoms with Gasteiger partial charge in [0.15, 0.2) is 0 Å². The number of imidazole rings is 1. The lowest BCUT2D eigenvalue weighted by atomic mass is 10.3. The monoisotopic (exact) mass is 207 g/mol. The second-order valence-corrected chi connectivity index (χ2v) is 4.44. The Morgan fingerprint density at radius 3 is 2.80 bits per heavy atom. The number of hydrogen-bond donors (Lipinski definition) is 0. The number of carbonyl (C=O) groups excluding carboxylic acids is 1. The first-order valence-electron chi connectivity index (χ1n) is 5.47. The summed E-state index contributed by atoms with van der Waals surface area (Å²) < 4.78 is 1.54. The molecule has 15 heavy (non-hydrogen) atoms. The van der Waals surface area contributed by atoms with Gasteiger partial charge in [0.1, 0.15) is 6.33 Å². The predicted octanol–water partition coefficient (Wildman–Crippen LogP) is 1.97. The molecule has 1 aromatic rings. The van der Waals surface area contributed by atoms with Crippen molar-refractivity contribution in [3.8, 4) is 0 Å². The number of hydrogen-bond acceptors (Lipinski definition) is 2. The van der Waals surface area contributed by atoms with Gasteiger partial charge in [0.2, 0.25) is 0 Å². The van der Waals surface area contributed by atoms with Crippen molar-refractivity contribution in [3.05, 3.63) is 18.7 Å². The smallest absolute Gasteiger partial charge is 0.321 e. The Hall–Kier alpha value is -1.32. The quantitative estimate of drug-likeness (QED) is 0.760. The summed E-state index contributed by atoms with van der Waals surface area (Å²) in [6.07, 6.45) is 7.42. The van der Waals surface area contributed by atoms with Crippen LogP contribution in [0.15, 0.2) is 18.7 Å². The summed E-state index contributed by atoms with van der Waals surface area (Å²) in [6.45, 7) is 4.99. The van der Waals surface area contributed by atoms with E-state index in [0.29, 0.717) is 0 Å². The van der Waals surface area contributed by atoms with Gasteiger partial charge < -0.3 is 4.90 Å². The first kappa shape index (κ1) is 10.2. The minimum absolute atomic E-state index is 0.0365. The summed E-state index contributed by atoms with van der Waals surface area (Å²) in [5, 5.41) is 0. The van der Waals surface area contributed by atoms with Crippen molar-refractivity contribution in [1.82, 2.24) is 14.5 Å². The summed E-state index contributed by atoms with van der Waals surface area (Å²) in [5.41, 5.74) is 0. The number of amides is 1. The molecule has 4 nitrogen and oxygen atoms in total. The normalized spacial score (nSPS) is 15.7. The van der Waals surface area contributed by atoms with Crippen LogP contribution >= 0.6 is 0 Å². The maximum absolute atomic E-state index is 12.1. The molecule has 0 atom stereocenters. The SMILES string of the molecule is CC(C)N(CC1CC1)C(=O)n1ccnc1. The molecular weight excluding hydrogens is 190 g/mol. The van der Waals surface area contributed by atoms with Crippen LogP contribution in [0.5, 0.6) is 0 Å². The maximum Gasteiger partial charge on any atom is 0.329 e. The fourth-order valence-electron chi connectivity index (χ4n) is 1.61. The molecule has 1 fully saturated rings. The highest BCUT2D eigenvalue weighted by molar-refractivity contribution is 5.76. The van der Waals surface area contributed by atoms with Crippen LogP contribution in [0, 0.1) is 5.92 Å². The van der Waals surface area contributed by atoms with E-state index in [2.05, 4.69) is 18.8 Å². The van der Waals surface area contributed by atoms with E-state index in [0.717, 1.165) is 12.5 Å². The molecule has 0 saturated heterocycles. The summed E-state index contributed by atoms with van der Waals surface area (Å²) >= 11 is 0. The predicted molar refractivity (Wildman–Crippen MR) is 57.6 cm³/mol. The molecule has 0 spiro atoms. The first-order valence-corrected chi connectivity index (χ1v) is 5.47. The van der Waals surface area contributed by atoms with E-state index < -0.39 is 0 Å². The van der Waals surface area contributed by atoms with Crippen molar-refractivity contribution in [2.75, 3.05) is 6.54 Å². The lowest BCUT2D eigenvalue weighted by molar-refractivity contribution is 0.181. The van der Waals surface area contributed by atoms with E-state index in [1.165, 1.54) is 12.8 Å². The Kier molecular flexibility index (Phi) is 2.75. The van der Waals surface area contributed by atoms with E-state index in [4.69, 9.17) is 0 Å².